The van der Waals surface area contributed by atoms with Crippen molar-refractivity contribution in [1.82, 2.24) is 0 Å². The Bertz CT molecular complexity index is 688. The second-order valence-corrected chi connectivity index (χ2v) is 9.33. The molecule has 0 saturated carbocycles. The summed E-state index contributed by atoms with van der Waals surface area (Å²) in [6.45, 7) is 5.86. The molecule has 0 heterocycles. The highest BCUT2D eigenvalue weighted by Gasteiger charge is 2.36. The Balaban J connectivity index is 1.78. The van der Waals surface area contributed by atoms with E-state index in [2.05, 4.69) is 62.4 Å². The van der Waals surface area contributed by atoms with E-state index in [1.807, 2.05) is 0 Å². The fourth-order valence-electron chi connectivity index (χ4n) is 4.71. The van der Waals surface area contributed by atoms with Gasteiger partial charge in [-0.2, -0.15) is 0 Å². The molecule has 1 aromatic carbocycles. The van der Waals surface area contributed by atoms with Crippen LogP contribution in [0.15, 0.2) is 48.6 Å². The van der Waals surface area contributed by atoms with Gasteiger partial charge in [-0.15, -0.1) is 0 Å². The molecule has 0 radical (unpaired) electrons. The molecule has 0 fully saturated rings. The molecule has 1 aliphatic rings. The van der Waals surface area contributed by atoms with E-state index in [-0.39, 0.29) is 17.5 Å². The summed E-state index contributed by atoms with van der Waals surface area (Å²) in [6, 6.07) is 10.5. The largest absolute Gasteiger partial charge is 0.462 e. The molecule has 2 heteroatoms. The topological polar surface area (TPSA) is 26.3 Å². The van der Waals surface area contributed by atoms with Crippen LogP contribution in [-0.2, 0) is 9.53 Å². The highest BCUT2D eigenvalue weighted by molar-refractivity contribution is 5.75. The predicted octanol–water partition coefficient (Wildman–Crippen LogP) is 8.67. The predicted molar refractivity (Wildman–Crippen MR) is 133 cm³/mol. The third-order valence-corrected chi connectivity index (χ3v) is 6.80. The van der Waals surface area contributed by atoms with Crippen molar-refractivity contribution in [3.8, 4) is 0 Å². The first kappa shape index (κ1) is 25.4. The van der Waals surface area contributed by atoms with E-state index in [1.54, 1.807) is 0 Å². The van der Waals surface area contributed by atoms with E-state index >= 15 is 0 Å². The SMILES string of the molecule is CCCCCCCCCCCCCC1(C(C)OC(C)=O)C=CC(c2ccccc2)=CC1. The van der Waals surface area contributed by atoms with Gasteiger partial charge in [0.05, 0.1) is 0 Å². The zero-order chi connectivity index (χ0) is 22.4. The van der Waals surface area contributed by atoms with Crippen LogP contribution in [0.3, 0.4) is 0 Å². The fourth-order valence-corrected chi connectivity index (χ4v) is 4.71. The number of benzene rings is 1. The lowest BCUT2D eigenvalue weighted by molar-refractivity contribution is -0.150. The third-order valence-electron chi connectivity index (χ3n) is 6.80. The minimum absolute atomic E-state index is 0.0801. The number of carbonyl (C=O) groups is 1. The molecule has 1 aromatic rings. The van der Waals surface area contributed by atoms with Crippen LogP contribution in [-0.4, -0.2) is 12.1 Å². The van der Waals surface area contributed by atoms with Crippen LogP contribution in [0.5, 0.6) is 0 Å². The molecule has 2 rings (SSSR count). The van der Waals surface area contributed by atoms with Crippen LogP contribution >= 0.6 is 0 Å². The molecule has 0 amide bonds. The molecule has 0 aromatic heterocycles. The van der Waals surface area contributed by atoms with Gasteiger partial charge in [-0.25, -0.2) is 0 Å². The van der Waals surface area contributed by atoms with Crippen LogP contribution in [0.4, 0.5) is 0 Å². The van der Waals surface area contributed by atoms with E-state index in [0.717, 1.165) is 12.8 Å². The molecule has 2 nitrogen and oxygen atoms in total. The van der Waals surface area contributed by atoms with Gasteiger partial charge in [0.2, 0.25) is 0 Å². The zero-order valence-electron chi connectivity index (χ0n) is 20.2. The summed E-state index contributed by atoms with van der Waals surface area (Å²) in [5, 5.41) is 0. The maximum Gasteiger partial charge on any atom is 0.302 e. The van der Waals surface area contributed by atoms with E-state index in [1.165, 1.54) is 88.7 Å². The number of hydrogen-bond donors (Lipinski definition) is 0. The van der Waals surface area contributed by atoms with E-state index in [0.29, 0.717) is 0 Å². The monoisotopic (exact) mass is 424 g/mol. The summed E-state index contributed by atoms with van der Waals surface area (Å²) in [7, 11) is 0. The number of allylic oxidation sites excluding steroid dienone is 3. The van der Waals surface area contributed by atoms with Crippen molar-refractivity contribution in [3.63, 3.8) is 0 Å². The molecular formula is C29H44O2. The van der Waals surface area contributed by atoms with Crippen molar-refractivity contribution in [2.45, 2.75) is 110 Å². The minimum atomic E-state index is -0.183. The number of ether oxygens (including phenoxy) is 1. The third kappa shape index (κ3) is 9.05. The molecule has 0 aliphatic heterocycles. The van der Waals surface area contributed by atoms with Crippen LogP contribution in [0.1, 0.15) is 110 Å². The molecule has 1 aliphatic carbocycles. The second kappa shape index (κ2) is 14.3. The fraction of sp³-hybridized carbons (Fsp3) is 0.621. The quantitative estimate of drug-likeness (QED) is 0.208. The number of unbranched alkanes of at least 4 members (excludes halogenated alkanes) is 10. The van der Waals surface area contributed by atoms with Crippen LogP contribution in [0.2, 0.25) is 0 Å². The highest BCUT2D eigenvalue weighted by Crippen LogP contribution is 2.41. The van der Waals surface area contributed by atoms with Gasteiger partial charge in [-0.1, -0.05) is 126 Å². The molecule has 0 N–H and O–H groups in total. The molecule has 0 spiro atoms. The second-order valence-electron chi connectivity index (χ2n) is 9.33. The van der Waals surface area contributed by atoms with Crippen molar-refractivity contribution < 1.29 is 9.53 Å². The number of rotatable bonds is 15. The number of carbonyl (C=O) groups excluding carboxylic acids is 1. The van der Waals surface area contributed by atoms with Gasteiger partial charge in [0.15, 0.2) is 0 Å². The summed E-state index contributed by atoms with van der Waals surface area (Å²) in [5.74, 6) is -0.183. The Morgan fingerprint density at radius 3 is 2.03 bits per heavy atom. The average Bonchev–Trinajstić information content (AvgIpc) is 2.78. The number of esters is 1. The normalized spacial score (nSPS) is 19.1. The van der Waals surface area contributed by atoms with Crippen molar-refractivity contribution in [1.29, 1.82) is 0 Å². The average molecular weight is 425 g/mol. The maximum atomic E-state index is 11.6. The summed E-state index contributed by atoms with van der Waals surface area (Å²) in [6.07, 6.45) is 23.7. The Kier molecular flexibility index (Phi) is 11.7. The first-order valence-electron chi connectivity index (χ1n) is 12.7. The molecule has 31 heavy (non-hydrogen) atoms. The molecule has 0 saturated heterocycles. The Hall–Kier alpha value is -1.83. The minimum Gasteiger partial charge on any atom is -0.462 e. The molecule has 2 unspecified atom stereocenters. The van der Waals surface area contributed by atoms with E-state index in [9.17, 15) is 4.79 Å². The molecule has 2 atom stereocenters. The van der Waals surface area contributed by atoms with E-state index < -0.39 is 0 Å². The lowest BCUT2D eigenvalue weighted by atomic mass is 9.71. The van der Waals surface area contributed by atoms with Crippen molar-refractivity contribution in [2.75, 3.05) is 0 Å². The zero-order valence-corrected chi connectivity index (χ0v) is 20.2. The summed E-state index contributed by atoms with van der Waals surface area (Å²) >= 11 is 0. The van der Waals surface area contributed by atoms with Gasteiger partial charge in [0, 0.05) is 12.3 Å². The lowest BCUT2D eigenvalue weighted by Crippen LogP contribution is -2.35. The summed E-state index contributed by atoms with van der Waals surface area (Å²) < 4.78 is 5.66. The summed E-state index contributed by atoms with van der Waals surface area (Å²) in [5.41, 5.74) is 2.44. The standard InChI is InChI=1S/C29H44O2/c1-4-5-6-7-8-9-10-11-12-13-17-22-29(25(2)31-26(3)30)23-20-28(21-24-29)27-18-15-14-16-19-27/h14-16,18-21,23,25H,4-13,17,22,24H2,1-3H3. The smallest absolute Gasteiger partial charge is 0.302 e. The van der Waals surface area contributed by atoms with Gasteiger partial charge in [0.1, 0.15) is 6.10 Å². The van der Waals surface area contributed by atoms with Crippen molar-refractivity contribution in [2.24, 2.45) is 5.41 Å². The van der Waals surface area contributed by atoms with Crippen LogP contribution in [0, 0.1) is 5.41 Å². The van der Waals surface area contributed by atoms with Crippen LogP contribution in [0.25, 0.3) is 5.57 Å². The van der Waals surface area contributed by atoms with Gasteiger partial charge >= 0.3 is 5.97 Å². The van der Waals surface area contributed by atoms with E-state index in [4.69, 9.17) is 4.74 Å². The Morgan fingerprint density at radius 1 is 0.935 bits per heavy atom. The molecular weight excluding hydrogens is 380 g/mol. The van der Waals surface area contributed by atoms with Gasteiger partial charge < -0.3 is 4.74 Å². The van der Waals surface area contributed by atoms with Gasteiger partial charge in [-0.3, -0.25) is 4.79 Å². The Labute approximate surface area is 191 Å². The first-order chi connectivity index (χ1) is 15.1. The van der Waals surface area contributed by atoms with Crippen LogP contribution < -0.4 is 0 Å². The highest BCUT2D eigenvalue weighted by atomic mass is 16.5. The van der Waals surface area contributed by atoms with Crippen molar-refractivity contribution >= 4 is 11.5 Å². The van der Waals surface area contributed by atoms with Crippen molar-refractivity contribution in [3.05, 3.63) is 54.1 Å². The summed E-state index contributed by atoms with van der Waals surface area (Å²) in [4.78, 5) is 11.6. The maximum absolute atomic E-state index is 11.6. The van der Waals surface area contributed by atoms with Gasteiger partial charge in [0.25, 0.3) is 0 Å². The first-order valence-corrected chi connectivity index (χ1v) is 12.7. The Morgan fingerprint density at radius 2 is 1.52 bits per heavy atom. The molecule has 0 bridgehead atoms. The number of hydrogen-bond acceptors (Lipinski definition) is 2. The van der Waals surface area contributed by atoms with Gasteiger partial charge in [-0.05, 0) is 30.9 Å². The lowest BCUT2D eigenvalue weighted by Gasteiger charge is -2.37. The molecule has 172 valence electrons.